The fraction of sp³-hybridized carbons (Fsp3) is 0.0714. The van der Waals surface area contributed by atoms with Crippen molar-refractivity contribution < 1.29 is 34.0 Å². The molecule has 0 saturated carbocycles. The second-order valence-corrected chi connectivity index (χ2v) is 14.9. The van der Waals surface area contributed by atoms with Gasteiger partial charge in [0.25, 0.3) is 0 Å². The first kappa shape index (κ1) is 25.1. The van der Waals surface area contributed by atoms with Crippen LogP contribution in [-0.2, 0) is 0 Å². The summed E-state index contributed by atoms with van der Waals surface area (Å²) in [6, 6.07) is 44.7. The SMILES string of the molecule is C1=C[P+](c2ccccc2)(c2ccccc2)CC[P+]1(c1ccccc1)c1ccccc1.[Br-].[Br-]. The van der Waals surface area contributed by atoms with Crippen LogP contribution < -0.4 is 55.2 Å². The summed E-state index contributed by atoms with van der Waals surface area (Å²) in [5, 5.41) is 5.97. The maximum atomic E-state index is 2.63. The molecule has 0 aliphatic carbocycles. The average Bonchev–Trinajstić information content (AvgIpc) is 2.86. The zero-order valence-electron chi connectivity index (χ0n) is 17.8. The van der Waals surface area contributed by atoms with Crippen LogP contribution >= 0.6 is 14.5 Å². The summed E-state index contributed by atoms with van der Waals surface area (Å²) in [6.07, 6.45) is 2.43. The Bertz CT molecular complexity index is 959. The molecule has 1 heterocycles. The molecule has 0 spiro atoms. The molecular formula is C28H26Br2P2. The quantitative estimate of drug-likeness (QED) is 0.293. The van der Waals surface area contributed by atoms with Crippen molar-refractivity contribution in [3.05, 3.63) is 133 Å². The molecule has 4 aromatic carbocycles. The molecule has 0 bridgehead atoms. The van der Waals surface area contributed by atoms with Crippen molar-refractivity contribution in [3.63, 3.8) is 0 Å². The van der Waals surface area contributed by atoms with Gasteiger partial charge in [-0.3, -0.25) is 0 Å². The van der Waals surface area contributed by atoms with Crippen LogP contribution in [0.3, 0.4) is 0 Å². The Balaban J connectivity index is 0.00000144. The van der Waals surface area contributed by atoms with Gasteiger partial charge >= 0.3 is 0 Å². The standard InChI is InChI=1S/C28H26P2.2BrH/c1-5-13-25(14-6-1)29(26-15-7-2-8-16-26)21-23-30(24-22-29,27-17-9-3-10-18-27)28-19-11-4-12-20-28;;/h1-21,23H,22,24H2;2*1H/q+2;;/p-2. The lowest BCUT2D eigenvalue weighted by Crippen LogP contribution is -3.00. The summed E-state index contributed by atoms with van der Waals surface area (Å²) in [6.45, 7) is 0. The van der Waals surface area contributed by atoms with E-state index in [4.69, 9.17) is 0 Å². The molecule has 162 valence electrons. The predicted molar refractivity (Wildman–Crippen MR) is 137 cm³/mol. The van der Waals surface area contributed by atoms with E-state index in [1.54, 1.807) is 0 Å². The van der Waals surface area contributed by atoms with Gasteiger partial charge in [0.15, 0.2) is 0 Å². The predicted octanol–water partition coefficient (Wildman–Crippen LogP) is -0.184. The molecule has 0 saturated heterocycles. The minimum atomic E-state index is -1.57. The topological polar surface area (TPSA) is 0 Å². The van der Waals surface area contributed by atoms with E-state index >= 15 is 0 Å². The first-order valence-electron chi connectivity index (χ1n) is 10.5. The van der Waals surface area contributed by atoms with Crippen LogP contribution in [0.15, 0.2) is 133 Å². The summed E-state index contributed by atoms with van der Waals surface area (Å²) in [5.74, 6) is 5.27. The van der Waals surface area contributed by atoms with Crippen molar-refractivity contribution in [2.75, 3.05) is 12.3 Å². The Morgan fingerprint density at radius 3 is 0.750 bits per heavy atom. The summed E-state index contributed by atoms with van der Waals surface area (Å²) < 4.78 is 0. The van der Waals surface area contributed by atoms with E-state index in [1.165, 1.54) is 33.5 Å². The van der Waals surface area contributed by atoms with E-state index in [1.807, 2.05) is 0 Å². The lowest BCUT2D eigenvalue weighted by molar-refractivity contribution is -0.00100. The molecule has 0 N–H and O–H groups in total. The molecular weight excluding hydrogens is 558 g/mol. The van der Waals surface area contributed by atoms with Crippen molar-refractivity contribution in [2.24, 2.45) is 0 Å². The fourth-order valence-corrected chi connectivity index (χ4v) is 14.4. The molecule has 0 aromatic heterocycles. The number of halogens is 2. The Labute approximate surface area is 214 Å². The largest absolute Gasteiger partial charge is 1.00 e. The second-order valence-electron chi connectivity index (χ2n) is 7.83. The number of hydrogen-bond acceptors (Lipinski definition) is 0. The fourth-order valence-electron chi connectivity index (χ4n) is 4.63. The number of rotatable bonds is 4. The second kappa shape index (κ2) is 11.0. The Kier molecular flexibility index (Phi) is 8.65. The Hall–Kier alpha value is -1.56. The molecule has 0 nitrogen and oxygen atoms in total. The highest BCUT2D eigenvalue weighted by atomic mass is 79.9. The summed E-state index contributed by atoms with van der Waals surface area (Å²) >= 11 is 0. The molecule has 4 heteroatoms. The molecule has 0 radical (unpaired) electrons. The third-order valence-electron chi connectivity index (χ3n) is 6.25. The van der Waals surface area contributed by atoms with Crippen LogP contribution in [-0.4, -0.2) is 12.3 Å². The lowest BCUT2D eigenvalue weighted by Gasteiger charge is -2.32. The minimum Gasteiger partial charge on any atom is -1.00 e. The third kappa shape index (κ3) is 4.57. The number of benzene rings is 4. The molecule has 1 aliphatic rings. The van der Waals surface area contributed by atoms with E-state index in [-0.39, 0.29) is 34.0 Å². The van der Waals surface area contributed by atoms with Gasteiger partial charge in [-0.15, -0.1) is 0 Å². The highest BCUT2D eigenvalue weighted by molar-refractivity contribution is 7.98. The first-order valence-corrected chi connectivity index (χ1v) is 14.6. The smallest absolute Gasteiger partial charge is 0.111 e. The van der Waals surface area contributed by atoms with Gasteiger partial charge in [-0.1, -0.05) is 72.8 Å². The highest BCUT2D eigenvalue weighted by Crippen LogP contribution is 2.70. The van der Waals surface area contributed by atoms with Gasteiger partial charge in [-0.25, -0.2) is 0 Å². The van der Waals surface area contributed by atoms with E-state index in [0.29, 0.717) is 0 Å². The van der Waals surface area contributed by atoms with E-state index in [0.717, 1.165) is 0 Å². The van der Waals surface area contributed by atoms with Gasteiger partial charge in [0.05, 0.1) is 0 Å². The molecule has 1 aliphatic heterocycles. The van der Waals surface area contributed by atoms with Gasteiger partial charge in [-0.05, 0) is 48.5 Å². The van der Waals surface area contributed by atoms with Crippen LogP contribution in [0, 0.1) is 0 Å². The van der Waals surface area contributed by atoms with Gasteiger partial charge in [0.2, 0.25) is 0 Å². The highest BCUT2D eigenvalue weighted by Gasteiger charge is 2.53. The van der Waals surface area contributed by atoms with Crippen molar-refractivity contribution in [2.45, 2.75) is 0 Å². The monoisotopic (exact) mass is 582 g/mol. The molecule has 4 aromatic rings. The van der Waals surface area contributed by atoms with Gasteiger partial charge < -0.3 is 34.0 Å². The molecule has 0 amide bonds. The van der Waals surface area contributed by atoms with Crippen LogP contribution in [0.25, 0.3) is 0 Å². The van der Waals surface area contributed by atoms with Gasteiger partial charge in [0.1, 0.15) is 59.7 Å². The van der Waals surface area contributed by atoms with Crippen molar-refractivity contribution in [3.8, 4) is 0 Å². The van der Waals surface area contributed by atoms with Crippen LogP contribution in [0.5, 0.6) is 0 Å². The van der Waals surface area contributed by atoms with Crippen LogP contribution in [0.1, 0.15) is 0 Å². The van der Waals surface area contributed by atoms with Crippen molar-refractivity contribution in [1.29, 1.82) is 0 Å². The van der Waals surface area contributed by atoms with Crippen LogP contribution in [0.4, 0.5) is 0 Å². The summed E-state index contributed by atoms with van der Waals surface area (Å²) in [7, 11) is -3.14. The zero-order valence-corrected chi connectivity index (χ0v) is 22.7. The molecule has 5 rings (SSSR count). The zero-order chi connectivity index (χ0) is 20.3. The molecule has 32 heavy (non-hydrogen) atoms. The normalized spacial score (nSPS) is 15.8. The minimum absolute atomic E-state index is 0. The van der Waals surface area contributed by atoms with Gasteiger partial charge in [-0.2, -0.15) is 0 Å². The van der Waals surface area contributed by atoms with Gasteiger partial charge in [0, 0.05) is 0 Å². The van der Waals surface area contributed by atoms with Crippen molar-refractivity contribution >= 4 is 35.7 Å². The van der Waals surface area contributed by atoms with E-state index < -0.39 is 14.5 Å². The molecule has 0 fully saturated rings. The Morgan fingerprint density at radius 2 is 0.562 bits per heavy atom. The van der Waals surface area contributed by atoms with Crippen LogP contribution in [0.2, 0.25) is 0 Å². The Morgan fingerprint density at radius 1 is 0.344 bits per heavy atom. The lowest BCUT2D eigenvalue weighted by atomic mass is 10.4. The summed E-state index contributed by atoms with van der Waals surface area (Å²) in [5.41, 5.74) is 0. The average molecular weight is 584 g/mol. The first-order chi connectivity index (χ1) is 14.8. The summed E-state index contributed by atoms with van der Waals surface area (Å²) in [4.78, 5) is 0. The van der Waals surface area contributed by atoms with Crippen molar-refractivity contribution in [1.82, 2.24) is 0 Å². The molecule has 0 unspecified atom stereocenters. The maximum Gasteiger partial charge on any atom is 0.111 e. The number of hydrogen-bond donors (Lipinski definition) is 0. The van der Waals surface area contributed by atoms with E-state index in [2.05, 4.69) is 133 Å². The third-order valence-corrected chi connectivity index (χ3v) is 14.9. The molecule has 0 atom stereocenters. The maximum absolute atomic E-state index is 2.63. The van der Waals surface area contributed by atoms with E-state index in [9.17, 15) is 0 Å².